The van der Waals surface area contributed by atoms with E-state index in [4.69, 9.17) is 0 Å². The standard InChI is InChI=1S/C20H12F2/c21-15-9-14(10-16(22)12-15)20-11-13-5-1-2-6-17(13)18-7-3-4-8-19(18)20/h1-12H. The molecule has 2 heteroatoms. The molecule has 0 N–H and O–H groups in total. The number of halogens is 2. The van der Waals surface area contributed by atoms with Crippen molar-refractivity contribution in [3.8, 4) is 11.1 Å². The Hall–Kier alpha value is -2.74. The van der Waals surface area contributed by atoms with Gasteiger partial charge in [-0.1, -0.05) is 48.5 Å². The maximum Gasteiger partial charge on any atom is 0.126 e. The fourth-order valence-corrected chi connectivity index (χ4v) is 3.00. The zero-order valence-corrected chi connectivity index (χ0v) is 11.7. The molecule has 0 saturated heterocycles. The normalized spacial score (nSPS) is 11.2. The molecule has 0 nitrogen and oxygen atoms in total. The molecule has 106 valence electrons. The zero-order chi connectivity index (χ0) is 15.1. The first kappa shape index (κ1) is 13.0. The molecule has 0 radical (unpaired) electrons. The van der Waals surface area contributed by atoms with Gasteiger partial charge in [0.05, 0.1) is 0 Å². The Labute approximate surface area is 126 Å². The second-order valence-corrected chi connectivity index (χ2v) is 5.35. The summed E-state index contributed by atoms with van der Waals surface area (Å²) in [4.78, 5) is 0. The van der Waals surface area contributed by atoms with Crippen LogP contribution in [0.4, 0.5) is 8.78 Å². The quantitative estimate of drug-likeness (QED) is 0.381. The molecular formula is C20H12F2. The molecule has 0 aliphatic rings. The van der Waals surface area contributed by atoms with Gasteiger partial charge < -0.3 is 0 Å². The van der Waals surface area contributed by atoms with Gasteiger partial charge >= 0.3 is 0 Å². The predicted molar refractivity (Wildman–Crippen MR) is 86.8 cm³/mol. The van der Waals surface area contributed by atoms with Gasteiger partial charge in [0.15, 0.2) is 0 Å². The summed E-state index contributed by atoms with van der Waals surface area (Å²) in [6.07, 6.45) is 0. The van der Waals surface area contributed by atoms with Gasteiger partial charge in [-0.2, -0.15) is 0 Å². The molecule has 0 spiro atoms. The summed E-state index contributed by atoms with van der Waals surface area (Å²) in [5.74, 6) is -1.13. The van der Waals surface area contributed by atoms with Crippen molar-refractivity contribution in [2.75, 3.05) is 0 Å². The van der Waals surface area contributed by atoms with Gasteiger partial charge in [-0.15, -0.1) is 0 Å². The average molecular weight is 290 g/mol. The van der Waals surface area contributed by atoms with Crippen molar-refractivity contribution < 1.29 is 8.78 Å². The van der Waals surface area contributed by atoms with E-state index in [-0.39, 0.29) is 0 Å². The monoisotopic (exact) mass is 290 g/mol. The number of hydrogen-bond acceptors (Lipinski definition) is 0. The van der Waals surface area contributed by atoms with Crippen LogP contribution in [0.15, 0.2) is 72.8 Å². The highest BCUT2D eigenvalue weighted by Crippen LogP contribution is 2.35. The van der Waals surface area contributed by atoms with Crippen LogP contribution in [0.25, 0.3) is 32.7 Å². The van der Waals surface area contributed by atoms with Crippen LogP contribution in [-0.2, 0) is 0 Å². The van der Waals surface area contributed by atoms with E-state index in [1.165, 1.54) is 12.1 Å². The first-order valence-corrected chi connectivity index (χ1v) is 7.09. The third-order valence-electron chi connectivity index (χ3n) is 3.94. The van der Waals surface area contributed by atoms with Crippen LogP contribution in [0.2, 0.25) is 0 Å². The molecular weight excluding hydrogens is 278 g/mol. The average Bonchev–Trinajstić information content (AvgIpc) is 2.53. The fourth-order valence-electron chi connectivity index (χ4n) is 3.00. The summed E-state index contributed by atoms with van der Waals surface area (Å²) in [7, 11) is 0. The maximum absolute atomic E-state index is 13.6. The van der Waals surface area contributed by atoms with Crippen LogP contribution in [0.3, 0.4) is 0 Å². The lowest BCUT2D eigenvalue weighted by atomic mass is 9.93. The Morgan fingerprint density at radius 3 is 1.86 bits per heavy atom. The van der Waals surface area contributed by atoms with Crippen molar-refractivity contribution in [1.29, 1.82) is 0 Å². The molecule has 4 rings (SSSR count). The van der Waals surface area contributed by atoms with Crippen molar-refractivity contribution in [3.05, 3.63) is 84.4 Å². The zero-order valence-electron chi connectivity index (χ0n) is 11.7. The Morgan fingerprint density at radius 2 is 1.14 bits per heavy atom. The molecule has 4 aromatic rings. The summed E-state index contributed by atoms with van der Waals surface area (Å²) in [5.41, 5.74) is 1.40. The third kappa shape index (κ3) is 2.04. The molecule has 22 heavy (non-hydrogen) atoms. The SMILES string of the molecule is Fc1cc(F)cc(-c2cc3ccccc3c3ccccc23)c1. The molecule has 0 amide bonds. The highest BCUT2D eigenvalue weighted by molar-refractivity contribution is 6.13. The van der Waals surface area contributed by atoms with Crippen LogP contribution in [0, 0.1) is 11.6 Å². The van der Waals surface area contributed by atoms with Gasteiger partial charge in [0.2, 0.25) is 0 Å². The maximum atomic E-state index is 13.6. The Bertz CT molecular complexity index is 983. The minimum Gasteiger partial charge on any atom is -0.207 e. The van der Waals surface area contributed by atoms with E-state index < -0.39 is 11.6 Å². The first-order chi connectivity index (χ1) is 10.7. The largest absolute Gasteiger partial charge is 0.207 e. The van der Waals surface area contributed by atoms with Crippen molar-refractivity contribution in [1.82, 2.24) is 0 Å². The molecule has 0 aliphatic carbocycles. The highest BCUT2D eigenvalue weighted by atomic mass is 19.1. The molecule has 0 aliphatic heterocycles. The minimum atomic E-state index is -0.563. The summed E-state index contributed by atoms with van der Waals surface area (Å²) < 4.78 is 27.2. The second kappa shape index (κ2) is 4.92. The number of benzene rings is 4. The van der Waals surface area contributed by atoms with Gasteiger partial charge in [0, 0.05) is 6.07 Å². The molecule has 0 aromatic heterocycles. The van der Waals surface area contributed by atoms with E-state index in [9.17, 15) is 8.78 Å². The molecule has 4 aromatic carbocycles. The summed E-state index contributed by atoms with van der Waals surface area (Å²) in [6.45, 7) is 0. The van der Waals surface area contributed by atoms with Crippen LogP contribution in [0.1, 0.15) is 0 Å². The minimum absolute atomic E-state index is 0.555. The van der Waals surface area contributed by atoms with Gasteiger partial charge in [-0.05, 0) is 50.9 Å². The van der Waals surface area contributed by atoms with Crippen LogP contribution in [-0.4, -0.2) is 0 Å². The van der Waals surface area contributed by atoms with E-state index in [2.05, 4.69) is 6.07 Å². The van der Waals surface area contributed by atoms with Crippen LogP contribution in [0.5, 0.6) is 0 Å². The molecule has 0 fully saturated rings. The van der Waals surface area contributed by atoms with E-state index in [1.54, 1.807) is 0 Å². The van der Waals surface area contributed by atoms with Crippen LogP contribution >= 0.6 is 0 Å². The number of hydrogen-bond donors (Lipinski definition) is 0. The van der Waals surface area contributed by atoms with Crippen molar-refractivity contribution in [3.63, 3.8) is 0 Å². The first-order valence-electron chi connectivity index (χ1n) is 7.09. The van der Waals surface area contributed by atoms with Gasteiger partial charge in [-0.25, -0.2) is 8.78 Å². The molecule has 0 unspecified atom stereocenters. The van der Waals surface area contributed by atoms with Gasteiger partial charge in [-0.3, -0.25) is 0 Å². The Morgan fingerprint density at radius 1 is 0.545 bits per heavy atom. The fraction of sp³-hybridized carbons (Fsp3) is 0. The number of fused-ring (bicyclic) bond motifs is 3. The topological polar surface area (TPSA) is 0 Å². The van der Waals surface area contributed by atoms with E-state index in [0.717, 1.165) is 33.2 Å². The lowest BCUT2D eigenvalue weighted by Gasteiger charge is -2.11. The van der Waals surface area contributed by atoms with E-state index in [1.807, 2.05) is 48.5 Å². The van der Waals surface area contributed by atoms with E-state index >= 15 is 0 Å². The van der Waals surface area contributed by atoms with Crippen molar-refractivity contribution in [2.24, 2.45) is 0 Å². The summed E-state index contributed by atoms with van der Waals surface area (Å²) in [5, 5.41) is 4.27. The Balaban J connectivity index is 2.15. The van der Waals surface area contributed by atoms with Crippen molar-refractivity contribution in [2.45, 2.75) is 0 Å². The summed E-state index contributed by atoms with van der Waals surface area (Å²) in [6, 6.07) is 21.6. The third-order valence-corrected chi connectivity index (χ3v) is 3.94. The van der Waals surface area contributed by atoms with Crippen LogP contribution < -0.4 is 0 Å². The Kier molecular flexibility index (Phi) is 2.90. The molecule has 0 atom stereocenters. The molecule has 0 saturated carbocycles. The summed E-state index contributed by atoms with van der Waals surface area (Å²) >= 11 is 0. The van der Waals surface area contributed by atoms with Gasteiger partial charge in [0.1, 0.15) is 11.6 Å². The lowest BCUT2D eigenvalue weighted by molar-refractivity contribution is 0.584. The smallest absolute Gasteiger partial charge is 0.126 e. The van der Waals surface area contributed by atoms with Crippen molar-refractivity contribution >= 4 is 21.5 Å². The second-order valence-electron chi connectivity index (χ2n) is 5.35. The van der Waals surface area contributed by atoms with E-state index in [0.29, 0.717) is 5.56 Å². The van der Waals surface area contributed by atoms with Gasteiger partial charge in [0.25, 0.3) is 0 Å². The number of rotatable bonds is 1. The molecule has 0 heterocycles. The lowest BCUT2D eigenvalue weighted by Crippen LogP contribution is -1.87. The predicted octanol–water partition coefficient (Wildman–Crippen LogP) is 5.94. The molecule has 0 bridgehead atoms. The highest BCUT2D eigenvalue weighted by Gasteiger charge is 2.10.